The molecular formula is C17H21N3O. The molecule has 21 heavy (non-hydrogen) atoms. The number of nitrogens with zero attached hydrogens (tertiary/aromatic N) is 3. The third-order valence-corrected chi connectivity index (χ3v) is 3.50. The molecule has 0 saturated heterocycles. The van der Waals surface area contributed by atoms with E-state index >= 15 is 0 Å². The molecule has 0 aliphatic carbocycles. The van der Waals surface area contributed by atoms with Crippen molar-refractivity contribution in [3.8, 4) is 11.8 Å². The van der Waals surface area contributed by atoms with E-state index in [2.05, 4.69) is 18.0 Å². The van der Waals surface area contributed by atoms with Gasteiger partial charge in [-0.05, 0) is 19.4 Å². The highest BCUT2D eigenvalue weighted by molar-refractivity contribution is 5.97. The van der Waals surface area contributed by atoms with Gasteiger partial charge in [-0.2, -0.15) is 5.26 Å². The third-order valence-electron chi connectivity index (χ3n) is 3.50. The zero-order chi connectivity index (χ0) is 15.4. The standard InChI is InChI=1S/C17H21N3O/c1-5-6-10-21-15-9-7-8-13-16(15)19-14(11-18)12(2)17(13)20(3)4/h7-9H,5-6,10H2,1-4H3. The van der Waals surface area contributed by atoms with Crippen molar-refractivity contribution in [1.29, 1.82) is 5.26 Å². The summed E-state index contributed by atoms with van der Waals surface area (Å²) in [7, 11) is 3.96. The minimum Gasteiger partial charge on any atom is -0.491 e. The van der Waals surface area contributed by atoms with Gasteiger partial charge in [-0.1, -0.05) is 25.5 Å². The van der Waals surface area contributed by atoms with Crippen molar-refractivity contribution in [2.75, 3.05) is 25.6 Å². The predicted octanol–water partition coefficient (Wildman–Crippen LogP) is 3.66. The summed E-state index contributed by atoms with van der Waals surface area (Å²) in [6.45, 7) is 4.74. The normalized spacial score (nSPS) is 10.4. The van der Waals surface area contributed by atoms with E-state index in [-0.39, 0.29) is 0 Å². The lowest BCUT2D eigenvalue weighted by Crippen LogP contribution is -2.13. The molecule has 110 valence electrons. The van der Waals surface area contributed by atoms with Crippen LogP contribution in [0.5, 0.6) is 5.75 Å². The van der Waals surface area contributed by atoms with Gasteiger partial charge in [-0.3, -0.25) is 0 Å². The number of rotatable bonds is 5. The first-order valence-electron chi connectivity index (χ1n) is 7.23. The predicted molar refractivity (Wildman–Crippen MR) is 85.9 cm³/mol. The molecule has 0 spiro atoms. The minimum absolute atomic E-state index is 0.456. The molecular weight excluding hydrogens is 262 g/mol. The quantitative estimate of drug-likeness (QED) is 0.786. The largest absolute Gasteiger partial charge is 0.491 e. The Morgan fingerprint density at radius 1 is 1.33 bits per heavy atom. The lowest BCUT2D eigenvalue weighted by molar-refractivity contribution is 0.312. The monoisotopic (exact) mass is 283 g/mol. The van der Waals surface area contributed by atoms with Crippen LogP contribution < -0.4 is 9.64 Å². The Morgan fingerprint density at radius 2 is 2.10 bits per heavy atom. The van der Waals surface area contributed by atoms with Gasteiger partial charge in [-0.25, -0.2) is 4.98 Å². The summed E-state index contributed by atoms with van der Waals surface area (Å²) in [5.41, 5.74) is 3.15. The van der Waals surface area contributed by atoms with E-state index in [4.69, 9.17) is 4.74 Å². The van der Waals surface area contributed by atoms with E-state index in [1.165, 1.54) is 0 Å². The molecule has 1 aromatic carbocycles. The van der Waals surface area contributed by atoms with Gasteiger partial charge in [0.1, 0.15) is 23.0 Å². The summed E-state index contributed by atoms with van der Waals surface area (Å²) in [5.74, 6) is 0.751. The molecule has 2 rings (SSSR count). The molecule has 0 radical (unpaired) electrons. The van der Waals surface area contributed by atoms with Gasteiger partial charge in [0.25, 0.3) is 0 Å². The fourth-order valence-corrected chi connectivity index (χ4v) is 2.47. The van der Waals surface area contributed by atoms with Gasteiger partial charge in [0.2, 0.25) is 0 Å². The first-order chi connectivity index (χ1) is 10.1. The molecule has 0 fully saturated rings. The maximum atomic E-state index is 9.32. The average molecular weight is 283 g/mol. The van der Waals surface area contributed by atoms with Gasteiger partial charge >= 0.3 is 0 Å². The Hall–Kier alpha value is -2.28. The van der Waals surface area contributed by atoms with Crippen molar-refractivity contribution in [1.82, 2.24) is 4.98 Å². The average Bonchev–Trinajstić information content (AvgIpc) is 2.46. The van der Waals surface area contributed by atoms with E-state index in [0.717, 1.165) is 40.7 Å². The molecule has 0 aliphatic rings. The number of pyridine rings is 1. The molecule has 0 amide bonds. The van der Waals surface area contributed by atoms with Crippen LogP contribution in [0.4, 0.5) is 5.69 Å². The number of unbranched alkanes of at least 4 members (excludes halogenated alkanes) is 1. The van der Waals surface area contributed by atoms with E-state index < -0.39 is 0 Å². The molecule has 1 aromatic heterocycles. The SMILES string of the molecule is CCCCOc1cccc2c(N(C)C)c(C)c(C#N)nc12. The summed E-state index contributed by atoms with van der Waals surface area (Å²) in [5, 5.41) is 10.3. The van der Waals surface area contributed by atoms with E-state index in [0.29, 0.717) is 12.3 Å². The second-order valence-electron chi connectivity index (χ2n) is 5.29. The highest BCUT2D eigenvalue weighted by Crippen LogP contribution is 2.34. The highest BCUT2D eigenvalue weighted by atomic mass is 16.5. The van der Waals surface area contributed by atoms with Crippen LogP contribution in [0.25, 0.3) is 10.9 Å². The topological polar surface area (TPSA) is 49.1 Å². The van der Waals surface area contributed by atoms with Crippen LogP contribution in [0.15, 0.2) is 18.2 Å². The van der Waals surface area contributed by atoms with Crippen LogP contribution in [0.3, 0.4) is 0 Å². The van der Waals surface area contributed by atoms with Gasteiger partial charge in [0.05, 0.1) is 12.3 Å². The number of hydrogen-bond acceptors (Lipinski definition) is 4. The minimum atomic E-state index is 0.456. The Bertz CT molecular complexity index is 686. The van der Waals surface area contributed by atoms with Crippen LogP contribution in [0.2, 0.25) is 0 Å². The van der Waals surface area contributed by atoms with Crippen molar-refractivity contribution < 1.29 is 4.74 Å². The molecule has 2 aromatic rings. The molecule has 4 heteroatoms. The lowest BCUT2D eigenvalue weighted by atomic mass is 10.1. The van der Waals surface area contributed by atoms with E-state index in [1.807, 2.05) is 44.1 Å². The number of fused-ring (bicyclic) bond motifs is 1. The number of para-hydroxylation sites is 1. The summed E-state index contributed by atoms with van der Waals surface area (Å²) in [6.07, 6.45) is 2.09. The fraction of sp³-hybridized carbons (Fsp3) is 0.412. The highest BCUT2D eigenvalue weighted by Gasteiger charge is 2.15. The van der Waals surface area contributed by atoms with Crippen LogP contribution in [-0.2, 0) is 0 Å². The zero-order valence-corrected chi connectivity index (χ0v) is 13.1. The first kappa shape index (κ1) is 15.1. The van der Waals surface area contributed by atoms with Crippen LogP contribution in [0, 0.1) is 18.3 Å². The molecule has 0 bridgehead atoms. The second kappa shape index (κ2) is 6.45. The Labute approximate surface area is 126 Å². The molecule has 4 nitrogen and oxygen atoms in total. The molecule has 0 saturated carbocycles. The van der Waals surface area contributed by atoms with Gasteiger partial charge in [0, 0.05) is 25.0 Å². The van der Waals surface area contributed by atoms with Crippen LogP contribution >= 0.6 is 0 Å². The van der Waals surface area contributed by atoms with Gasteiger partial charge < -0.3 is 9.64 Å². The number of anilines is 1. The third kappa shape index (κ3) is 2.92. The van der Waals surface area contributed by atoms with E-state index in [9.17, 15) is 5.26 Å². The Kier molecular flexibility index (Phi) is 4.64. The van der Waals surface area contributed by atoms with Crippen molar-refractivity contribution in [2.45, 2.75) is 26.7 Å². The maximum Gasteiger partial charge on any atom is 0.146 e. The van der Waals surface area contributed by atoms with Crippen molar-refractivity contribution in [3.05, 3.63) is 29.5 Å². The Balaban J connectivity index is 2.64. The summed E-state index contributed by atoms with van der Waals surface area (Å²) in [6, 6.07) is 8.10. The van der Waals surface area contributed by atoms with Crippen LogP contribution in [-0.4, -0.2) is 25.7 Å². The number of ether oxygens (including phenoxy) is 1. The van der Waals surface area contributed by atoms with Crippen molar-refractivity contribution in [3.63, 3.8) is 0 Å². The van der Waals surface area contributed by atoms with E-state index in [1.54, 1.807) is 0 Å². The summed E-state index contributed by atoms with van der Waals surface area (Å²) >= 11 is 0. The number of benzene rings is 1. The van der Waals surface area contributed by atoms with Gasteiger partial charge in [-0.15, -0.1) is 0 Å². The summed E-state index contributed by atoms with van der Waals surface area (Å²) in [4.78, 5) is 6.53. The lowest BCUT2D eigenvalue weighted by Gasteiger charge is -2.20. The number of hydrogen-bond donors (Lipinski definition) is 0. The molecule has 0 N–H and O–H groups in total. The molecule has 0 unspecified atom stereocenters. The summed E-state index contributed by atoms with van der Waals surface area (Å²) < 4.78 is 5.84. The van der Waals surface area contributed by atoms with Crippen LogP contribution in [0.1, 0.15) is 31.0 Å². The fourth-order valence-electron chi connectivity index (χ4n) is 2.47. The van der Waals surface area contributed by atoms with Crippen molar-refractivity contribution in [2.24, 2.45) is 0 Å². The van der Waals surface area contributed by atoms with Crippen molar-refractivity contribution >= 4 is 16.6 Å². The molecule has 0 aliphatic heterocycles. The second-order valence-corrected chi connectivity index (χ2v) is 5.29. The molecule has 1 heterocycles. The smallest absolute Gasteiger partial charge is 0.146 e. The van der Waals surface area contributed by atoms with Gasteiger partial charge in [0.15, 0.2) is 0 Å². The first-order valence-corrected chi connectivity index (χ1v) is 7.23. The molecule has 0 atom stereocenters. The number of aromatic nitrogens is 1. The maximum absolute atomic E-state index is 9.32. The zero-order valence-electron chi connectivity index (χ0n) is 13.1. The Morgan fingerprint density at radius 3 is 2.71 bits per heavy atom. The number of nitriles is 1.